The second kappa shape index (κ2) is 5.33. The van der Waals surface area contributed by atoms with E-state index < -0.39 is 23.6 Å². The predicted molar refractivity (Wildman–Crippen MR) is 66.5 cm³/mol. The van der Waals surface area contributed by atoms with E-state index in [-0.39, 0.29) is 11.2 Å². The van der Waals surface area contributed by atoms with Crippen LogP contribution in [0.3, 0.4) is 0 Å². The summed E-state index contributed by atoms with van der Waals surface area (Å²) in [5, 5.41) is 0. The Labute approximate surface area is 114 Å². The molecule has 0 aliphatic heterocycles. The molecule has 1 aliphatic carbocycles. The van der Waals surface area contributed by atoms with Gasteiger partial charge in [-0.05, 0) is 43.4 Å². The quantitative estimate of drug-likeness (QED) is 0.856. The first-order valence-corrected chi connectivity index (χ1v) is 6.45. The minimum absolute atomic E-state index is 0.280. The highest BCUT2D eigenvalue weighted by atomic mass is 19.4. The third-order valence-corrected chi connectivity index (χ3v) is 4.01. The summed E-state index contributed by atoms with van der Waals surface area (Å²) in [6.07, 6.45) is -1.55. The van der Waals surface area contributed by atoms with Gasteiger partial charge in [-0.2, -0.15) is 13.2 Å². The number of hydrogen-bond donors (Lipinski definition) is 1. The van der Waals surface area contributed by atoms with Crippen LogP contribution in [0.25, 0.3) is 0 Å². The fourth-order valence-corrected chi connectivity index (χ4v) is 2.57. The molecule has 1 aromatic rings. The van der Waals surface area contributed by atoms with Crippen molar-refractivity contribution in [2.45, 2.75) is 43.5 Å². The molecular formula is C14H17F4NO. The molecule has 1 unspecified atom stereocenters. The van der Waals surface area contributed by atoms with E-state index in [4.69, 9.17) is 10.5 Å². The highest BCUT2D eigenvalue weighted by Crippen LogP contribution is 2.42. The van der Waals surface area contributed by atoms with Gasteiger partial charge in [0, 0.05) is 13.2 Å². The molecule has 2 rings (SSSR count). The first kappa shape index (κ1) is 15.3. The van der Waals surface area contributed by atoms with Crippen LogP contribution in [-0.4, -0.2) is 12.7 Å². The molecule has 0 bridgehead atoms. The molecule has 1 fully saturated rings. The number of ether oxygens (including phenoxy) is 1. The van der Waals surface area contributed by atoms with Crippen LogP contribution < -0.4 is 5.73 Å². The van der Waals surface area contributed by atoms with Gasteiger partial charge < -0.3 is 10.5 Å². The van der Waals surface area contributed by atoms with Crippen molar-refractivity contribution >= 4 is 0 Å². The van der Waals surface area contributed by atoms with Gasteiger partial charge in [-0.25, -0.2) is 4.39 Å². The summed E-state index contributed by atoms with van der Waals surface area (Å²) in [4.78, 5) is 0. The minimum Gasteiger partial charge on any atom is -0.378 e. The van der Waals surface area contributed by atoms with Gasteiger partial charge in [0.1, 0.15) is 5.82 Å². The van der Waals surface area contributed by atoms with Gasteiger partial charge in [-0.15, -0.1) is 0 Å². The highest BCUT2D eigenvalue weighted by molar-refractivity contribution is 5.29. The second-order valence-electron chi connectivity index (χ2n) is 5.29. The normalized spacial score (nSPS) is 19.5. The SMILES string of the molecule is COC1(CC(N)c2ccc(F)c(C(F)(F)F)c2)CCC1. The van der Waals surface area contributed by atoms with E-state index >= 15 is 0 Å². The summed E-state index contributed by atoms with van der Waals surface area (Å²) in [6.45, 7) is 0. The first-order chi connectivity index (χ1) is 9.27. The zero-order valence-electron chi connectivity index (χ0n) is 11.1. The second-order valence-corrected chi connectivity index (χ2v) is 5.29. The Morgan fingerprint density at radius 3 is 2.45 bits per heavy atom. The first-order valence-electron chi connectivity index (χ1n) is 6.45. The van der Waals surface area contributed by atoms with E-state index in [0.717, 1.165) is 31.4 Å². The Morgan fingerprint density at radius 2 is 2.00 bits per heavy atom. The zero-order valence-corrected chi connectivity index (χ0v) is 11.1. The van der Waals surface area contributed by atoms with E-state index in [1.54, 1.807) is 7.11 Å². The fourth-order valence-electron chi connectivity index (χ4n) is 2.57. The van der Waals surface area contributed by atoms with Gasteiger partial charge >= 0.3 is 6.18 Å². The number of nitrogens with two attached hydrogens (primary N) is 1. The van der Waals surface area contributed by atoms with E-state index in [1.807, 2.05) is 0 Å². The van der Waals surface area contributed by atoms with E-state index in [1.165, 1.54) is 6.07 Å². The van der Waals surface area contributed by atoms with Gasteiger partial charge in [0.2, 0.25) is 0 Å². The van der Waals surface area contributed by atoms with Gasteiger partial charge in [-0.1, -0.05) is 6.07 Å². The lowest BCUT2D eigenvalue weighted by Gasteiger charge is -2.42. The molecule has 1 saturated carbocycles. The molecule has 2 N–H and O–H groups in total. The average Bonchev–Trinajstić information content (AvgIpc) is 2.32. The largest absolute Gasteiger partial charge is 0.419 e. The van der Waals surface area contributed by atoms with Crippen molar-refractivity contribution in [3.63, 3.8) is 0 Å². The van der Waals surface area contributed by atoms with Crippen LogP contribution >= 0.6 is 0 Å². The van der Waals surface area contributed by atoms with Crippen LogP contribution in [0.4, 0.5) is 17.6 Å². The molecule has 20 heavy (non-hydrogen) atoms. The monoisotopic (exact) mass is 291 g/mol. The van der Waals surface area contributed by atoms with Crippen molar-refractivity contribution in [2.24, 2.45) is 5.73 Å². The summed E-state index contributed by atoms with van der Waals surface area (Å²) in [5.74, 6) is -1.28. The van der Waals surface area contributed by atoms with Crippen molar-refractivity contribution in [1.29, 1.82) is 0 Å². The Bertz CT molecular complexity index is 477. The van der Waals surface area contributed by atoms with Crippen LogP contribution in [0.15, 0.2) is 18.2 Å². The molecule has 2 nitrogen and oxygen atoms in total. The van der Waals surface area contributed by atoms with Crippen molar-refractivity contribution in [3.8, 4) is 0 Å². The smallest absolute Gasteiger partial charge is 0.378 e. The van der Waals surface area contributed by atoms with Crippen LogP contribution in [0.1, 0.15) is 42.9 Å². The maximum atomic E-state index is 13.2. The Kier molecular flexibility index (Phi) is 4.07. The maximum Gasteiger partial charge on any atom is 0.419 e. The molecule has 0 saturated heterocycles. The van der Waals surface area contributed by atoms with Gasteiger partial charge in [0.05, 0.1) is 11.2 Å². The highest BCUT2D eigenvalue weighted by Gasteiger charge is 2.39. The third-order valence-electron chi connectivity index (χ3n) is 4.01. The maximum absolute atomic E-state index is 13.2. The fraction of sp³-hybridized carbons (Fsp3) is 0.571. The van der Waals surface area contributed by atoms with Crippen molar-refractivity contribution < 1.29 is 22.3 Å². The molecule has 112 valence electrons. The van der Waals surface area contributed by atoms with E-state index in [2.05, 4.69) is 0 Å². The molecule has 0 spiro atoms. The molecule has 1 aromatic carbocycles. The molecule has 0 radical (unpaired) electrons. The Morgan fingerprint density at radius 1 is 1.35 bits per heavy atom. The van der Waals surface area contributed by atoms with Gasteiger partial charge in [0.15, 0.2) is 0 Å². The number of alkyl halides is 3. The molecule has 0 heterocycles. The molecule has 1 aliphatic rings. The van der Waals surface area contributed by atoms with Crippen molar-refractivity contribution in [3.05, 3.63) is 35.1 Å². The molecule has 6 heteroatoms. The van der Waals surface area contributed by atoms with Crippen LogP contribution in [0.5, 0.6) is 0 Å². The Balaban J connectivity index is 2.20. The van der Waals surface area contributed by atoms with Crippen molar-refractivity contribution in [2.75, 3.05) is 7.11 Å². The number of benzene rings is 1. The number of halogens is 4. The van der Waals surface area contributed by atoms with E-state index in [0.29, 0.717) is 6.42 Å². The lowest BCUT2D eigenvalue weighted by atomic mass is 9.75. The van der Waals surface area contributed by atoms with Gasteiger partial charge in [-0.3, -0.25) is 0 Å². The lowest BCUT2D eigenvalue weighted by Crippen LogP contribution is -2.41. The van der Waals surface area contributed by atoms with Crippen molar-refractivity contribution in [1.82, 2.24) is 0 Å². The summed E-state index contributed by atoms with van der Waals surface area (Å²) in [5.41, 5.74) is 4.62. The van der Waals surface area contributed by atoms with Crippen LogP contribution in [-0.2, 0) is 10.9 Å². The molecular weight excluding hydrogens is 274 g/mol. The summed E-state index contributed by atoms with van der Waals surface area (Å²) >= 11 is 0. The van der Waals surface area contributed by atoms with Crippen LogP contribution in [0.2, 0.25) is 0 Å². The summed E-state index contributed by atoms with van der Waals surface area (Å²) in [7, 11) is 1.58. The summed E-state index contributed by atoms with van der Waals surface area (Å²) in [6, 6.07) is 2.31. The minimum atomic E-state index is -4.71. The molecule has 1 atom stereocenters. The summed E-state index contributed by atoms with van der Waals surface area (Å²) < 4.78 is 56.6. The molecule has 0 aromatic heterocycles. The Hall–Kier alpha value is -1.14. The number of methoxy groups -OCH3 is 1. The molecule has 0 amide bonds. The zero-order chi connectivity index (χ0) is 15.0. The van der Waals surface area contributed by atoms with Crippen LogP contribution in [0, 0.1) is 5.82 Å². The standard InChI is InChI=1S/C14H17F4NO/c1-20-13(5-2-6-13)8-12(19)9-3-4-11(15)10(7-9)14(16,17)18/h3-4,7,12H,2,5-6,8,19H2,1H3. The number of rotatable bonds is 4. The lowest BCUT2D eigenvalue weighted by molar-refractivity contribution is -0.140. The number of hydrogen-bond acceptors (Lipinski definition) is 2. The van der Waals surface area contributed by atoms with Gasteiger partial charge in [0.25, 0.3) is 0 Å². The average molecular weight is 291 g/mol. The predicted octanol–water partition coefficient (Wildman–Crippen LogP) is 3.80. The van der Waals surface area contributed by atoms with E-state index in [9.17, 15) is 17.6 Å². The topological polar surface area (TPSA) is 35.2 Å². The third kappa shape index (κ3) is 2.96.